The second kappa shape index (κ2) is 14.2. The Labute approximate surface area is 223 Å². The summed E-state index contributed by atoms with van der Waals surface area (Å²) < 4.78 is 4.94. The molecule has 1 atom stereocenters. The topological polar surface area (TPSA) is 132 Å². The second-order valence-electron chi connectivity index (χ2n) is 9.06. The van der Waals surface area contributed by atoms with Crippen molar-refractivity contribution in [3.8, 4) is 0 Å². The van der Waals surface area contributed by atoms with Gasteiger partial charge in [0.15, 0.2) is 0 Å². The van der Waals surface area contributed by atoms with Crippen LogP contribution in [0.3, 0.4) is 0 Å². The molecule has 5 N–H and O–H groups in total. The Morgan fingerprint density at radius 1 is 1.14 bits per heavy atom. The molecule has 0 radical (unpaired) electrons. The minimum absolute atomic E-state index is 0.00425. The van der Waals surface area contributed by atoms with Crippen molar-refractivity contribution in [3.63, 3.8) is 0 Å². The van der Waals surface area contributed by atoms with Gasteiger partial charge < -0.3 is 41.1 Å². The molecule has 0 spiro atoms. The van der Waals surface area contributed by atoms with Crippen LogP contribution in [0.2, 0.25) is 0 Å². The number of rotatable bonds is 12. The van der Waals surface area contributed by atoms with Crippen molar-refractivity contribution < 1.29 is 19.1 Å². The quantitative estimate of drug-likeness (QED) is 0.224. The van der Waals surface area contributed by atoms with Gasteiger partial charge in [-0.25, -0.2) is 0 Å². The monoisotopic (exact) mass is 533 g/mol. The Morgan fingerprint density at radius 3 is 2.46 bits per heavy atom. The number of ether oxygens (including phenoxy) is 1. The van der Waals surface area contributed by atoms with E-state index in [0.717, 1.165) is 44.1 Å². The van der Waals surface area contributed by atoms with E-state index in [2.05, 4.69) is 32.8 Å². The predicted molar refractivity (Wildman–Crippen MR) is 147 cm³/mol. The lowest BCUT2D eigenvalue weighted by atomic mass is 10.2. The Kier molecular flexibility index (Phi) is 11.1. The highest BCUT2D eigenvalue weighted by atomic mass is 32.2. The second-order valence-corrected chi connectivity index (χ2v) is 10.2. The van der Waals surface area contributed by atoms with E-state index < -0.39 is 11.2 Å². The summed E-state index contributed by atoms with van der Waals surface area (Å²) in [4.78, 5) is 43.7. The van der Waals surface area contributed by atoms with Crippen molar-refractivity contribution in [2.75, 3.05) is 83.8 Å². The molecule has 3 rings (SSSR count). The molecule has 2 aliphatic heterocycles. The number of hydrogen-bond acceptors (Lipinski definition) is 9. The molecule has 2 saturated heterocycles. The third-order valence-corrected chi connectivity index (χ3v) is 7.65. The molecule has 2 fully saturated rings. The lowest BCUT2D eigenvalue weighted by molar-refractivity contribution is -0.127. The standard InChI is InChI=1S/C25H39N7O4S/c1-4-32-24(35)20(37-25(32)22(26)23(34)27-10-16-36-3)17-28-18-5-7-19(8-6-18)29-21(33)9-11-31-14-12-30(2)13-15-31/h5-8,20,28H,4,9-17,26H2,1-3H3,(H,27,34)(H,29,33)/b25-22+/t20-/m1/s1. The predicted octanol–water partition coefficient (Wildman–Crippen LogP) is 0.529. The summed E-state index contributed by atoms with van der Waals surface area (Å²) in [5, 5.41) is 8.98. The van der Waals surface area contributed by atoms with E-state index in [0.29, 0.717) is 37.7 Å². The fraction of sp³-hybridized carbons (Fsp3) is 0.560. The zero-order chi connectivity index (χ0) is 26.8. The van der Waals surface area contributed by atoms with E-state index >= 15 is 0 Å². The molecule has 0 aliphatic carbocycles. The lowest BCUT2D eigenvalue weighted by Gasteiger charge is -2.32. The van der Waals surface area contributed by atoms with Crippen molar-refractivity contribution in [1.29, 1.82) is 0 Å². The van der Waals surface area contributed by atoms with Crippen LogP contribution in [0.1, 0.15) is 13.3 Å². The molecule has 37 heavy (non-hydrogen) atoms. The summed E-state index contributed by atoms with van der Waals surface area (Å²) in [7, 11) is 3.67. The number of benzene rings is 1. The van der Waals surface area contributed by atoms with Gasteiger partial charge in [-0.1, -0.05) is 11.8 Å². The van der Waals surface area contributed by atoms with Crippen molar-refractivity contribution in [2.24, 2.45) is 5.73 Å². The summed E-state index contributed by atoms with van der Waals surface area (Å²) in [5.41, 5.74) is 7.67. The van der Waals surface area contributed by atoms with Gasteiger partial charge >= 0.3 is 0 Å². The smallest absolute Gasteiger partial charge is 0.269 e. The van der Waals surface area contributed by atoms with Crippen LogP contribution in [-0.2, 0) is 19.1 Å². The van der Waals surface area contributed by atoms with Crippen LogP contribution < -0.4 is 21.7 Å². The Balaban J connectivity index is 1.47. The van der Waals surface area contributed by atoms with Crippen LogP contribution in [-0.4, -0.2) is 111 Å². The molecule has 12 heteroatoms. The molecular formula is C25H39N7O4S. The third kappa shape index (κ3) is 8.35. The van der Waals surface area contributed by atoms with Gasteiger partial charge in [-0.3, -0.25) is 14.4 Å². The molecule has 11 nitrogen and oxygen atoms in total. The van der Waals surface area contributed by atoms with E-state index in [9.17, 15) is 14.4 Å². The number of hydrogen-bond donors (Lipinski definition) is 4. The molecule has 2 heterocycles. The van der Waals surface area contributed by atoms with E-state index in [-0.39, 0.29) is 17.5 Å². The molecule has 0 unspecified atom stereocenters. The molecule has 1 aromatic rings. The van der Waals surface area contributed by atoms with Crippen LogP contribution in [0, 0.1) is 0 Å². The summed E-state index contributed by atoms with van der Waals surface area (Å²) in [6, 6.07) is 7.41. The van der Waals surface area contributed by atoms with Gasteiger partial charge in [-0.15, -0.1) is 0 Å². The number of nitrogens with zero attached hydrogens (tertiary/aromatic N) is 3. The molecule has 2 aliphatic rings. The summed E-state index contributed by atoms with van der Waals surface area (Å²) >= 11 is 1.29. The van der Waals surface area contributed by atoms with Gasteiger partial charge in [-0.2, -0.15) is 0 Å². The van der Waals surface area contributed by atoms with Crippen LogP contribution in [0.25, 0.3) is 0 Å². The normalized spacial score (nSPS) is 20.1. The zero-order valence-corrected chi connectivity index (χ0v) is 22.7. The first-order valence-electron chi connectivity index (χ1n) is 12.6. The molecular weight excluding hydrogens is 494 g/mol. The van der Waals surface area contributed by atoms with Gasteiger partial charge in [0, 0.05) is 77.3 Å². The first-order valence-corrected chi connectivity index (χ1v) is 13.5. The van der Waals surface area contributed by atoms with Gasteiger partial charge in [0.1, 0.15) is 16.0 Å². The largest absolute Gasteiger partial charge is 0.392 e. The number of nitrogens with two attached hydrogens (primary N) is 1. The SMILES string of the molecule is CCN1C(=O)[C@@H](CNc2ccc(NC(=O)CCN3CCN(C)CC3)cc2)S/C1=C(/N)C(=O)NCCOC. The highest BCUT2D eigenvalue weighted by Gasteiger charge is 2.38. The first kappa shape index (κ1) is 28.8. The Hall–Kier alpha value is -2.80. The lowest BCUT2D eigenvalue weighted by Crippen LogP contribution is -2.45. The number of piperazine rings is 1. The minimum Gasteiger partial charge on any atom is -0.392 e. The van der Waals surface area contributed by atoms with Crippen molar-refractivity contribution in [2.45, 2.75) is 18.6 Å². The highest BCUT2D eigenvalue weighted by Crippen LogP contribution is 2.36. The Morgan fingerprint density at radius 2 is 1.81 bits per heavy atom. The first-order chi connectivity index (χ1) is 17.8. The molecule has 1 aromatic carbocycles. The van der Waals surface area contributed by atoms with Crippen LogP contribution in [0.4, 0.5) is 11.4 Å². The fourth-order valence-corrected chi connectivity index (χ4v) is 5.29. The van der Waals surface area contributed by atoms with Crippen molar-refractivity contribution >= 4 is 40.9 Å². The number of anilines is 2. The van der Waals surface area contributed by atoms with Gasteiger partial charge in [0.2, 0.25) is 11.8 Å². The van der Waals surface area contributed by atoms with Gasteiger partial charge in [0.25, 0.3) is 5.91 Å². The van der Waals surface area contributed by atoms with Crippen LogP contribution in [0.15, 0.2) is 35.0 Å². The maximum absolute atomic E-state index is 12.9. The molecule has 0 aromatic heterocycles. The van der Waals surface area contributed by atoms with Gasteiger partial charge in [0.05, 0.1) is 6.61 Å². The van der Waals surface area contributed by atoms with Crippen LogP contribution >= 0.6 is 11.8 Å². The third-order valence-electron chi connectivity index (χ3n) is 6.33. The van der Waals surface area contributed by atoms with Gasteiger partial charge in [-0.05, 0) is 38.2 Å². The van der Waals surface area contributed by atoms with E-state index in [1.165, 1.54) is 11.8 Å². The number of carbonyl (C=O) groups excluding carboxylic acids is 3. The van der Waals surface area contributed by atoms with E-state index in [4.69, 9.17) is 10.5 Å². The number of amides is 3. The fourth-order valence-electron chi connectivity index (χ4n) is 4.06. The number of carbonyl (C=O) groups is 3. The summed E-state index contributed by atoms with van der Waals surface area (Å²) in [5.74, 6) is -0.511. The molecule has 0 saturated carbocycles. The maximum atomic E-state index is 12.9. The molecule has 0 bridgehead atoms. The van der Waals surface area contributed by atoms with Crippen molar-refractivity contribution in [1.82, 2.24) is 20.0 Å². The zero-order valence-electron chi connectivity index (χ0n) is 21.9. The number of thioether (sulfide) groups is 1. The number of likely N-dealkylation sites (N-methyl/N-ethyl adjacent to an activating group) is 1. The molecule has 204 valence electrons. The number of nitrogens with one attached hydrogen (secondary N) is 3. The molecule has 3 amide bonds. The minimum atomic E-state index is -0.416. The number of methoxy groups -OCH3 is 1. The highest BCUT2D eigenvalue weighted by molar-refractivity contribution is 8.04. The maximum Gasteiger partial charge on any atom is 0.269 e. The van der Waals surface area contributed by atoms with E-state index in [1.807, 2.05) is 31.2 Å². The van der Waals surface area contributed by atoms with Crippen molar-refractivity contribution in [3.05, 3.63) is 35.0 Å². The van der Waals surface area contributed by atoms with E-state index in [1.54, 1.807) is 12.0 Å². The average molecular weight is 534 g/mol. The average Bonchev–Trinajstić information content (AvgIpc) is 3.22. The summed E-state index contributed by atoms with van der Waals surface area (Å²) in [6.45, 7) is 8.18. The summed E-state index contributed by atoms with van der Waals surface area (Å²) in [6.07, 6.45) is 0.460. The van der Waals surface area contributed by atoms with Crippen LogP contribution in [0.5, 0.6) is 0 Å². The Bertz CT molecular complexity index is 964.